The summed E-state index contributed by atoms with van der Waals surface area (Å²) in [7, 11) is 0. The van der Waals surface area contributed by atoms with E-state index in [0.717, 1.165) is 22.6 Å². The number of halogens is 1. The molecule has 2 aromatic carbocycles. The van der Waals surface area contributed by atoms with Crippen molar-refractivity contribution in [1.29, 1.82) is 0 Å². The number of carbonyl (C=O) groups is 1. The Morgan fingerprint density at radius 1 is 1.09 bits per heavy atom. The van der Waals surface area contributed by atoms with E-state index in [-0.39, 0.29) is 17.7 Å². The lowest BCUT2D eigenvalue weighted by Crippen LogP contribution is -2.28. The molecule has 34 heavy (non-hydrogen) atoms. The zero-order chi connectivity index (χ0) is 23.9. The predicted molar refractivity (Wildman–Crippen MR) is 134 cm³/mol. The molecule has 0 radical (unpaired) electrons. The molecule has 0 saturated carbocycles. The average molecular weight is 494 g/mol. The first-order valence-corrected chi connectivity index (χ1v) is 12.2. The lowest BCUT2D eigenvalue weighted by atomic mass is 10.1. The van der Waals surface area contributed by atoms with Gasteiger partial charge >= 0.3 is 0 Å². The van der Waals surface area contributed by atoms with Gasteiger partial charge in [0.2, 0.25) is 5.91 Å². The topological polar surface area (TPSA) is 81.9 Å². The number of thioether (sulfide) groups is 1. The van der Waals surface area contributed by atoms with Crippen LogP contribution in [-0.4, -0.2) is 38.0 Å². The number of hydrogen-bond acceptors (Lipinski definition) is 6. The molecule has 0 bridgehead atoms. The minimum atomic E-state index is -0.210. The first-order valence-electron chi connectivity index (χ1n) is 10.8. The Hall–Kier alpha value is -3.36. The van der Waals surface area contributed by atoms with Crippen LogP contribution < -0.4 is 10.1 Å². The van der Waals surface area contributed by atoms with Gasteiger partial charge in [0.25, 0.3) is 0 Å². The molecule has 2 aromatic heterocycles. The van der Waals surface area contributed by atoms with Crippen molar-refractivity contribution in [1.82, 2.24) is 25.1 Å². The van der Waals surface area contributed by atoms with Crippen molar-refractivity contribution in [2.45, 2.75) is 25.0 Å². The minimum absolute atomic E-state index is 0.121. The average Bonchev–Trinajstić information content (AvgIpc) is 3.28. The lowest BCUT2D eigenvalue weighted by molar-refractivity contribution is -0.119. The molecule has 7 nitrogen and oxygen atoms in total. The van der Waals surface area contributed by atoms with Crippen LogP contribution in [0.2, 0.25) is 5.02 Å². The third kappa shape index (κ3) is 5.58. The Morgan fingerprint density at radius 2 is 1.82 bits per heavy atom. The minimum Gasteiger partial charge on any atom is -0.494 e. The van der Waals surface area contributed by atoms with Gasteiger partial charge in [0.1, 0.15) is 5.75 Å². The molecule has 9 heteroatoms. The van der Waals surface area contributed by atoms with Crippen molar-refractivity contribution in [2.75, 3.05) is 12.4 Å². The number of rotatable bonds is 9. The highest BCUT2D eigenvalue weighted by atomic mass is 35.5. The summed E-state index contributed by atoms with van der Waals surface area (Å²) < 4.78 is 7.50. The van der Waals surface area contributed by atoms with Crippen LogP contribution in [0.3, 0.4) is 0 Å². The quantitative estimate of drug-likeness (QED) is 0.316. The van der Waals surface area contributed by atoms with Gasteiger partial charge in [-0.1, -0.05) is 41.6 Å². The maximum absolute atomic E-state index is 12.7. The summed E-state index contributed by atoms with van der Waals surface area (Å²) in [5, 5.41) is 13.0. The summed E-state index contributed by atoms with van der Waals surface area (Å²) in [5.74, 6) is 1.51. The summed E-state index contributed by atoms with van der Waals surface area (Å²) in [6.45, 7) is 4.45. The zero-order valence-corrected chi connectivity index (χ0v) is 20.4. The highest BCUT2D eigenvalue weighted by molar-refractivity contribution is 7.99. The number of carbonyl (C=O) groups excluding carboxylic acids is 1. The number of benzene rings is 2. The summed E-state index contributed by atoms with van der Waals surface area (Å²) >= 11 is 7.58. The fourth-order valence-electron chi connectivity index (χ4n) is 3.46. The highest BCUT2D eigenvalue weighted by Gasteiger charge is 2.18. The second-order valence-electron chi connectivity index (χ2n) is 7.40. The van der Waals surface area contributed by atoms with Gasteiger partial charge < -0.3 is 10.1 Å². The molecule has 1 atom stereocenters. The van der Waals surface area contributed by atoms with Crippen LogP contribution in [0.4, 0.5) is 0 Å². The van der Waals surface area contributed by atoms with E-state index < -0.39 is 0 Å². The van der Waals surface area contributed by atoms with Crippen LogP contribution >= 0.6 is 23.4 Å². The highest BCUT2D eigenvalue weighted by Crippen LogP contribution is 2.29. The Morgan fingerprint density at radius 3 is 2.53 bits per heavy atom. The van der Waals surface area contributed by atoms with Crippen molar-refractivity contribution in [3.8, 4) is 22.8 Å². The first-order chi connectivity index (χ1) is 16.6. The summed E-state index contributed by atoms with van der Waals surface area (Å²) in [5.41, 5.74) is 2.62. The Bertz CT molecular complexity index is 1250. The van der Waals surface area contributed by atoms with Gasteiger partial charge in [0.15, 0.2) is 11.0 Å². The van der Waals surface area contributed by atoms with E-state index in [1.165, 1.54) is 11.8 Å². The van der Waals surface area contributed by atoms with E-state index in [1.807, 2.05) is 79.1 Å². The summed E-state index contributed by atoms with van der Waals surface area (Å²) in [6.07, 6.45) is 3.42. The molecule has 174 valence electrons. The molecular formula is C25H24ClN5O2S. The smallest absolute Gasteiger partial charge is 0.230 e. The third-order valence-electron chi connectivity index (χ3n) is 5.06. The molecule has 0 aliphatic heterocycles. The number of nitrogens with one attached hydrogen (secondary N) is 1. The Balaban J connectivity index is 1.55. The molecule has 4 aromatic rings. The second-order valence-corrected chi connectivity index (χ2v) is 8.75. The number of nitrogens with zero attached hydrogens (tertiary/aromatic N) is 4. The van der Waals surface area contributed by atoms with Crippen molar-refractivity contribution in [3.63, 3.8) is 0 Å². The largest absolute Gasteiger partial charge is 0.494 e. The van der Waals surface area contributed by atoms with Crippen LogP contribution in [0.25, 0.3) is 17.1 Å². The van der Waals surface area contributed by atoms with Crippen LogP contribution in [0.5, 0.6) is 5.75 Å². The van der Waals surface area contributed by atoms with Crippen LogP contribution in [0.15, 0.2) is 78.2 Å². The molecule has 1 N–H and O–H groups in total. The van der Waals surface area contributed by atoms with Gasteiger partial charge in [-0.3, -0.25) is 14.3 Å². The number of hydrogen-bond donors (Lipinski definition) is 1. The lowest BCUT2D eigenvalue weighted by Gasteiger charge is -2.16. The van der Waals surface area contributed by atoms with E-state index in [9.17, 15) is 4.79 Å². The molecular weight excluding hydrogens is 470 g/mol. The third-order valence-corrected chi connectivity index (χ3v) is 6.33. The van der Waals surface area contributed by atoms with Gasteiger partial charge in [-0.25, -0.2) is 0 Å². The van der Waals surface area contributed by atoms with E-state index >= 15 is 0 Å². The summed E-state index contributed by atoms with van der Waals surface area (Å²) in [6, 6.07) is 18.7. The van der Waals surface area contributed by atoms with Crippen molar-refractivity contribution < 1.29 is 9.53 Å². The van der Waals surface area contributed by atoms with Gasteiger partial charge in [0, 0.05) is 28.7 Å². The Labute approximate surface area is 207 Å². The molecule has 0 saturated heterocycles. The number of pyridine rings is 1. The van der Waals surface area contributed by atoms with Gasteiger partial charge in [0.05, 0.1) is 18.4 Å². The molecule has 0 aliphatic carbocycles. The first kappa shape index (κ1) is 23.8. The van der Waals surface area contributed by atoms with Crippen molar-refractivity contribution >= 4 is 29.3 Å². The summed E-state index contributed by atoms with van der Waals surface area (Å²) in [4.78, 5) is 16.8. The van der Waals surface area contributed by atoms with Crippen LogP contribution in [0.1, 0.15) is 25.5 Å². The van der Waals surface area contributed by atoms with Gasteiger partial charge in [-0.2, -0.15) is 0 Å². The predicted octanol–water partition coefficient (Wildman–Crippen LogP) is 5.35. The Kier molecular flexibility index (Phi) is 7.82. The maximum Gasteiger partial charge on any atom is 0.230 e. The zero-order valence-electron chi connectivity index (χ0n) is 18.8. The van der Waals surface area contributed by atoms with Crippen molar-refractivity contribution in [3.05, 3.63) is 83.6 Å². The fraction of sp³-hybridized carbons (Fsp3) is 0.200. The number of amides is 1. The molecule has 0 spiro atoms. The molecule has 2 heterocycles. The van der Waals surface area contributed by atoms with E-state index in [2.05, 4.69) is 20.5 Å². The fourth-order valence-corrected chi connectivity index (χ4v) is 4.52. The molecule has 0 aliphatic rings. The second kappa shape index (κ2) is 11.2. The molecule has 1 amide bonds. The monoisotopic (exact) mass is 493 g/mol. The number of ether oxygens (including phenoxy) is 1. The normalized spacial score (nSPS) is 11.7. The number of aromatic nitrogens is 4. The van der Waals surface area contributed by atoms with Crippen molar-refractivity contribution in [2.24, 2.45) is 0 Å². The van der Waals surface area contributed by atoms with Gasteiger partial charge in [-0.15, -0.1) is 10.2 Å². The van der Waals surface area contributed by atoms with E-state index in [4.69, 9.17) is 16.3 Å². The molecule has 1 unspecified atom stereocenters. The van der Waals surface area contributed by atoms with E-state index in [1.54, 1.807) is 12.4 Å². The van der Waals surface area contributed by atoms with Crippen LogP contribution in [0, 0.1) is 0 Å². The molecule has 0 fully saturated rings. The van der Waals surface area contributed by atoms with E-state index in [0.29, 0.717) is 22.6 Å². The van der Waals surface area contributed by atoms with Crippen LogP contribution in [-0.2, 0) is 4.79 Å². The van der Waals surface area contributed by atoms with Gasteiger partial charge in [-0.05, 0) is 61.9 Å². The molecule has 4 rings (SSSR count). The standard InChI is InChI=1S/C25H24ClN5O2S/c1-3-33-20-10-8-19(9-11-20)31-24(18-12-14-27-15-13-18)29-30-25(31)34-16-23(32)28-17(2)21-6-4-5-7-22(21)26/h4-15,17H,3,16H2,1-2H3,(H,28,32). The SMILES string of the molecule is CCOc1ccc(-n2c(SCC(=O)NC(C)c3ccccc3Cl)nnc2-c2ccncc2)cc1. The maximum atomic E-state index is 12.7.